The van der Waals surface area contributed by atoms with Gasteiger partial charge in [-0.15, -0.1) is 0 Å². The van der Waals surface area contributed by atoms with Crippen LogP contribution in [0.5, 0.6) is 11.5 Å². The monoisotopic (exact) mass is 447 g/mol. The average molecular weight is 448 g/mol. The summed E-state index contributed by atoms with van der Waals surface area (Å²) in [6.07, 6.45) is 0.127. The molecule has 2 aromatic carbocycles. The maximum atomic E-state index is 14.2. The fraction of sp³-hybridized carbons (Fsp3) is 0.364. The van der Waals surface area contributed by atoms with Gasteiger partial charge in [0, 0.05) is 19.2 Å². The summed E-state index contributed by atoms with van der Waals surface area (Å²) < 4.78 is 38.9. The predicted molar refractivity (Wildman–Crippen MR) is 116 cm³/mol. The predicted octanol–water partition coefficient (Wildman–Crippen LogP) is 4.22. The fourth-order valence-corrected chi connectivity index (χ4v) is 4.54. The molecule has 0 bridgehead atoms. The third kappa shape index (κ3) is 4.62. The highest BCUT2D eigenvalue weighted by atomic mass is 32.1. The summed E-state index contributed by atoms with van der Waals surface area (Å²) in [5.74, 6) is -0.312. The quantitative estimate of drug-likeness (QED) is 0.518. The number of nitrogens with zero attached hydrogens (tertiary/aromatic N) is 3. The highest BCUT2D eigenvalue weighted by Gasteiger charge is 2.23. The molecular weight excluding hydrogens is 424 g/mol. The van der Waals surface area contributed by atoms with E-state index in [1.807, 2.05) is 6.07 Å². The Bertz CT molecular complexity index is 1100. The zero-order valence-electron chi connectivity index (χ0n) is 17.4. The van der Waals surface area contributed by atoms with Crippen molar-refractivity contribution in [1.82, 2.24) is 9.88 Å². The fourth-order valence-electron chi connectivity index (χ4n) is 3.49. The summed E-state index contributed by atoms with van der Waals surface area (Å²) in [7, 11) is 0. The lowest BCUT2D eigenvalue weighted by Gasteiger charge is -2.24. The summed E-state index contributed by atoms with van der Waals surface area (Å²) in [6.45, 7) is 7.01. The van der Waals surface area contributed by atoms with Crippen molar-refractivity contribution >= 4 is 32.6 Å². The van der Waals surface area contributed by atoms with Crippen LogP contribution in [0.3, 0.4) is 0 Å². The summed E-state index contributed by atoms with van der Waals surface area (Å²) >= 11 is 1.11. The van der Waals surface area contributed by atoms with E-state index < -0.39 is 11.6 Å². The summed E-state index contributed by atoms with van der Waals surface area (Å²) in [5, 5.41) is 0.359. The molecule has 3 aromatic rings. The Morgan fingerprint density at radius 2 is 1.87 bits per heavy atom. The van der Waals surface area contributed by atoms with Gasteiger partial charge in [0.2, 0.25) is 12.7 Å². The number of hydrogen-bond acceptors (Lipinski definition) is 6. The van der Waals surface area contributed by atoms with Crippen LogP contribution in [0.4, 0.5) is 13.9 Å². The Balaban J connectivity index is 1.62. The van der Waals surface area contributed by atoms with Crippen molar-refractivity contribution in [2.24, 2.45) is 0 Å². The molecule has 0 atom stereocenters. The number of thiazole rings is 1. The normalized spacial score (nSPS) is 12.7. The van der Waals surface area contributed by atoms with E-state index in [2.05, 4.69) is 23.7 Å². The lowest BCUT2D eigenvalue weighted by Crippen LogP contribution is -2.39. The van der Waals surface area contributed by atoms with Gasteiger partial charge in [-0.05, 0) is 36.9 Å². The number of amides is 1. The topological polar surface area (TPSA) is 54.9 Å². The lowest BCUT2D eigenvalue weighted by molar-refractivity contribution is -0.118. The molecule has 31 heavy (non-hydrogen) atoms. The molecule has 0 N–H and O–H groups in total. The molecule has 0 spiro atoms. The lowest BCUT2D eigenvalue weighted by atomic mass is 10.1. The number of likely N-dealkylation sites (N-methyl/N-ethyl adjacent to an activating group) is 1. The molecule has 4 rings (SSSR count). The molecule has 0 saturated carbocycles. The number of hydrogen-bond donors (Lipinski definition) is 0. The number of carbonyl (C=O) groups is 1. The largest absolute Gasteiger partial charge is 0.454 e. The number of rotatable bonds is 8. The number of ether oxygens (including phenoxy) is 2. The van der Waals surface area contributed by atoms with Crippen molar-refractivity contribution < 1.29 is 23.0 Å². The first-order valence-corrected chi connectivity index (χ1v) is 11.0. The van der Waals surface area contributed by atoms with E-state index in [-0.39, 0.29) is 24.6 Å². The molecule has 1 aliphatic heterocycles. The van der Waals surface area contributed by atoms with Gasteiger partial charge in [-0.25, -0.2) is 13.8 Å². The minimum absolute atomic E-state index is 0.0742. The average Bonchev–Trinajstić information content (AvgIpc) is 3.37. The van der Waals surface area contributed by atoms with Gasteiger partial charge in [-0.1, -0.05) is 31.3 Å². The molecule has 0 radical (unpaired) electrons. The van der Waals surface area contributed by atoms with E-state index in [1.165, 1.54) is 6.07 Å². The molecular formula is C22H23F2N3O3S. The number of benzene rings is 2. The summed E-state index contributed by atoms with van der Waals surface area (Å²) in [6, 6.07) is 7.43. The molecule has 1 aliphatic rings. The van der Waals surface area contributed by atoms with Gasteiger partial charge in [-0.3, -0.25) is 9.69 Å². The zero-order chi connectivity index (χ0) is 22.0. The molecule has 164 valence electrons. The van der Waals surface area contributed by atoms with Crippen LogP contribution in [0.2, 0.25) is 0 Å². The second-order valence-corrected chi connectivity index (χ2v) is 8.18. The number of fused-ring (bicyclic) bond motifs is 2. The molecule has 9 heteroatoms. The molecule has 1 aromatic heterocycles. The van der Waals surface area contributed by atoms with Gasteiger partial charge in [0.05, 0.1) is 11.1 Å². The number of aromatic nitrogens is 1. The highest BCUT2D eigenvalue weighted by molar-refractivity contribution is 7.22. The smallest absolute Gasteiger partial charge is 0.233 e. The van der Waals surface area contributed by atoms with Crippen molar-refractivity contribution in [1.29, 1.82) is 0 Å². The van der Waals surface area contributed by atoms with E-state index in [0.717, 1.165) is 36.1 Å². The third-order valence-corrected chi connectivity index (χ3v) is 6.29. The summed E-state index contributed by atoms with van der Waals surface area (Å²) in [4.78, 5) is 21.3. The summed E-state index contributed by atoms with van der Waals surface area (Å²) in [5.41, 5.74) is 0.852. The van der Waals surface area contributed by atoms with E-state index in [1.54, 1.807) is 17.0 Å². The highest BCUT2D eigenvalue weighted by Crippen LogP contribution is 2.34. The van der Waals surface area contributed by atoms with Crippen molar-refractivity contribution in [3.8, 4) is 11.5 Å². The molecule has 0 saturated heterocycles. The van der Waals surface area contributed by atoms with Gasteiger partial charge in [0.15, 0.2) is 22.4 Å². The minimum Gasteiger partial charge on any atom is -0.454 e. The molecule has 0 fully saturated rings. The second-order valence-electron chi connectivity index (χ2n) is 7.17. The maximum absolute atomic E-state index is 14.2. The van der Waals surface area contributed by atoms with Crippen molar-refractivity contribution in [3.63, 3.8) is 0 Å². The van der Waals surface area contributed by atoms with Gasteiger partial charge in [0.1, 0.15) is 11.3 Å². The maximum Gasteiger partial charge on any atom is 0.233 e. The first kappa shape index (κ1) is 21.5. The molecule has 6 nitrogen and oxygen atoms in total. The molecule has 0 unspecified atom stereocenters. The first-order chi connectivity index (χ1) is 15.0. The van der Waals surface area contributed by atoms with Crippen LogP contribution in [0, 0.1) is 11.6 Å². The molecule has 1 amide bonds. The number of carbonyl (C=O) groups excluding carboxylic acids is 1. The van der Waals surface area contributed by atoms with Crippen LogP contribution in [0.25, 0.3) is 10.2 Å². The zero-order valence-corrected chi connectivity index (χ0v) is 18.2. The molecule has 2 heterocycles. The van der Waals surface area contributed by atoms with Crippen molar-refractivity contribution in [2.75, 3.05) is 37.9 Å². The van der Waals surface area contributed by atoms with E-state index in [4.69, 9.17) is 9.47 Å². The van der Waals surface area contributed by atoms with Crippen LogP contribution >= 0.6 is 11.3 Å². The van der Waals surface area contributed by atoms with Crippen LogP contribution in [-0.2, 0) is 11.2 Å². The minimum atomic E-state index is -0.732. The van der Waals surface area contributed by atoms with Crippen molar-refractivity contribution in [2.45, 2.75) is 20.3 Å². The standard InChI is InChI=1S/C22H23F2N3O3S/c1-3-26(4-2)7-8-27(22-25-21-16(24)11-15(23)12-19(21)31-22)20(28)10-14-5-6-17-18(9-14)30-13-29-17/h5-6,9,11-12H,3-4,7-8,10,13H2,1-2H3. The van der Waals surface area contributed by atoms with E-state index in [0.29, 0.717) is 34.4 Å². The Kier molecular flexibility index (Phi) is 6.33. The van der Waals surface area contributed by atoms with Crippen LogP contribution in [0.15, 0.2) is 30.3 Å². The van der Waals surface area contributed by atoms with E-state index >= 15 is 0 Å². The second kappa shape index (κ2) is 9.15. The Morgan fingerprint density at radius 3 is 2.65 bits per heavy atom. The number of anilines is 1. The van der Waals surface area contributed by atoms with Crippen LogP contribution < -0.4 is 14.4 Å². The van der Waals surface area contributed by atoms with Gasteiger partial charge < -0.3 is 14.4 Å². The van der Waals surface area contributed by atoms with Crippen LogP contribution in [0.1, 0.15) is 19.4 Å². The van der Waals surface area contributed by atoms with E-state index in [9.17, 15) is 13.6 Å². The Hall–Kier alpha value is -2.78. The first-order valence-electron chi connectivity index (χ1n) is 10.1. The Morgan fingerprint density at radius 1 is 1.10 bits per heavy atom. The SMILES string of the molecule is CCN(CC)CCN(C(=O)Cc1ccc2c(c1)OCO2)c1nc2c(F)cc(F)cc2s1. The third-order valence-electron chi connectivity index (χ3n) is 5.26. The number of halogens is 2. The van der Waals surface area contributed by atoms with Crippen LogP contribution in [-0.4, -0.2) is 48.8 Å². The van der Waals surface area contributed by atoms with Crippen molar-refractivity contribution in [3.05, 3.63) is 47.5 Å². The Labute approximate surface area is 183 Å². The van der Waals surface area contributed by atoms with Gasteiger partial charge in [-0.2, -0.15) is 0 Å². The molecule has 0 aliphatic carbocycles. The van der Waals surface area contributed by atoms with Gasteiger partial charge >= 0.3 is 0 Å². The van der Waals surface area contributed by atoms with Gasteiger partial charge in [0.25, 0.3) is 0 Å².